The number of fused-ring (bicyclic) bond motifs is 1. The van der Waals surface area contributed by atoms with Gasteiger partial charge in [0.25, 0.3) is 5.56 Å². The number of nitrogen functional groups attached to an aromatic ring is 1. The largest absolute Gasteiger partial charge is 0.399 e. The zero-order valence-electron chi connectivity index (χ0n) is 9.01. The molecular weight excluding hydrogens is 224 g/mol. The van der Waals surface area contributed by atoms with Gasteiger partial charge in [-0.1, -0.05) is 24.9 Å². The van der Waals surface area contributed by atoms with E-state index >= 15 is 0 Å². The number of rotatable bonds is 2. The van der Waals surface area contributed by atoms with Crippen molar-refractivity contribution in [3.63, 3.8) is 0 Å². The molecule has 0 amide bonds. The van der Waals surface area contributed by atoms with Crippen molar-refractivity contribution in [2.45, 2.75) is 19.8 Å². The minimum absolute atomic E-state index is 0.0685. The standard InChI is InChI=1S/C12H13ClN2O/c1-2-3-7-4-8-5-9(14)6-10(13)11(8)15-12(7)16/h4-6H,2-3,14H2,1H3,(H,15,16). The molecule has 1 heterocycles. The van der Waals surface area contributed by atoms with Crippen LogP contribution in [0, 0.1) is 0 Å². The van der Waals surface area contributed by atoms with E-state index in [1.807, 2.05) is 19.1 Å². The van der Waals surface area contributed by atoms with Crippen molar-refractivity contribution in [1.82, 2.24) is 4.98 Å². The van der Waals surface area contributed by atoms with Gasteiger partial charge < -0.3 is 10.7 Å². The number of hydrogen-bond donors (Lipinski definition) is 2. The molecule has 0 saturated heterocycles. The van der Waals surface area contributed by atoms with E-state index in [2.05, 4.69) is 4.98 Å². The van der Waals surface area contributed by atoms with Crippen molar-refractivity contribution < 1.29 is 0 Å². The summed E-state index contributed by atoms with van der Waals surface area (Å²) in [7, 11) is 0. The summed E-state index contributed by atoms with van der Waals surface area (Å²) in [5.41, 5.74) is 7.67. The molecule has 0 aliphatic rings. The molecule has 4 heteroatoms. The van der Waals surface area contributed by atoms with Crippen molar-refractivity contribution in [2.24, 2.45) is 0 Å². The highest BCUT2D eigenvalue weighted by Gasteiger charge is 2.05. The monoisotopic (exact) mass is 236 g/mol. The second-order valence-electron chi connectivity index (χ2n) is 3.84. The van der Waals surface area contributed by atoms with Crippen molar-refractivity contribution in [3.05, 3.63) is 39.1 Å². The average molecular weight is 237 g/mol. The SMILES string of the molecule is CCCc1cc2cc(N)cc(Cl)c2[nH]c1=O. The molecule has 0 aliphatic heterocycles. The number of nitrogens with two attached hydrogens (primary N) is 1. The lowest BCUT2D eigenvalue weighted by Gasteiger charge is -2.05. The molecule has 1 aromatic heterocycles. The van der Waals surface area contributed by atoms with Gasteiger partial charge >= 0.3 is 0 Å². The summed E-state index contributed by atoms with van der Waals surface area (Å²) in [5.74, 6) is 0. The van der Waals surface area contributed by atoms with Crippen LogP contribution < -0.4 is 11.3 Å². The fraction of sp³-hybridized carbons (Fsp3) is 0.250. The number of hydrogen-bond acceptors (Lipinski definition) is 2. The highest BCUT2D eigenvalue weighted by Crippen LogP contribution is 2.24. The fourth-order valence-corrected chi connectivity index (χ4v) is 2.08. The van der Waals surface area contributed by atoms with Gasteiger partial charge in [-0.05, 0) is 24.6 Å². The van der Waals surface area contributed by atoms with Crippen molar-refractivity contribution in [3.8, 4) is 0 Å². The van der Waals surface area contributed by atoms with Crippen LogP contribution in [0.3, 0.4) is 0 Å². The molecule has 0 atom stereocenters. The van der Waals surface area contributed by atoms with Gasteiger partial charge in [-0.15, -0.1) is 0 Å². The lowest BCUT2D eigenvalue weighted by atomic mass is 10.1. The first-order valence-electron chi connectivity index (χ1n) is 5.22. The van der Waals surface area contributed by atoms with Gasteiger partial charge in [-0.2, -0.15) is 0 Å². The van der Waals surface area contributed by atoms with Gasteiger partial charge in [0.1, 0.15) is 0 Å². The van der Waals surface area contributed by atoms with Gasteiger partial charge in [0.15, 0.2) is 0 Å². The normalized spacial score (nSPS) is 10.9. The Hall–Kier alpha value is -1.48. The van der Waals surface area contributed by atoms with Gasteiger partial charge in [0.05, 0.1) is 10.5 Å². The minimum atomic E-state index is -0.0685. The molecule has 0 unspecified atom stereocenters. The average Bonchev–Trinajstić information content (AvgIpc) is 2.21. The van der Waals surface area contributed by atoms with Crippen LogP contribution in [0.15, 0.2) is 23.0 Å². The molecular formula is C12H13ClN2O. The number of anilines is 1. The second kappa shape index (κ2) is 4.18. The van der Waals surface area contributed by atoms with Crippen LogP contribution in [0.5, 0.6) is 0 Å². The summed E-state index contributed by atoms with van der Waals surface area (Å²) in [6, 6.07) is 5.32. The quantitative estimate of drug-likeness (QED) is 0.788. The van der Waals surface area contributed by atoms with Crippen LogP contribution in [0.2, 0.25) is 5.02 Å². The van der Waals surface area contributed by atoms with Crippen molar-refractivity contribution >= 4 is 28.2 Å². The molecule has 0 spiro atoms. The molecule has 2 rings (SSSR count). The zero-order chi connectivity index (χ0) is 11.7. The number of pyridine rings is 1. The molecule has 16 heavy (non-hydrogen) atoms. The summed E-state index contributed by atoms with van der Waals surface area (Å²) < 4.78 is 0. The van der Waals surface area contributed by atoms with E-state index in [-0.39, 0.29) is 5.56 Å². The Balaban J connectivity index is 2.74. The summed E-state index contributed by atoms with van der Waals surface area (Å²) in [5, 5.41) is 1.36. The topological polar surface area (TPSA) is 58.9 Å². The maximum Gasteiger partial charge on any atom is 0.251 e. The number of aryl methyl sites for hydroxylation is 1. The van der Waals surface area contributed by atoms with Gasteiger partial charge in [-0.25, -0.2) is 0 Å². The smallest absolute Gasteiger partial charge is 0.251 e. The van der Waals surface area contributed by atoms with E-state index in [0.29, 0.717) is 16.2 Å². The number of benzene rings is 1. The molecule has 2 aromatic rings. The minimum Gasteiger partial charge on any atom is -0.399 e. The van der Waals surface area contributed by atoms with E-state index < -0.39 is 0 Å². The van der Waals surface area contributed by atoms with Gasteiger partial charge in [0, 0.05) is 16.6 Å². The van der Waals surface area contributed by atoms with Gasteiger partial charge in [0.2, 0.25) is 0 Å². The zero-order valence-corrected chi connectivity index (χ0v) is 9.77. The number of H-pyrrole nitrogens is 1. The Morgan fingerprint density at radius 1 is 1.38 bits per heavy atom. The third kappa shape index (κ3) is 1.91. The van der Waals surface area contributed by atoms with Crippen molar-refractivity contribution in [1.29, 1.82) is 0 Å². The maximum atomic E-state index is 11.7. The molecule has 0 radical (unpaired) electrons. The predicted octanol–water partition coefficient (Wildman–Crippen LogP) is 2.72. The van der Waals surface area contributed by atoms with E-state index in [1.165, 1.54) is 0 Å². The van der Waals surface area contributed by atoms with Crippen LogP contribution in [0.4, 0.5) is 5.69 Å². The van der Waals surface area contributed by atoms with E-state index in [1.54, 1.807) is 6.07 Å². The second-order valence-corrected chi connectivity index (χ2v) is 4.25. The molecule has 0 aliphatic carbocycles. The molecule has 0 fully saturated rings. The molecule has 3 nitrogen and oxygen atoms in total. The Kier molecular flexibility index (Phi) is 2.88. The van der Waals surface area contributed by atoms with Crippen LogP contribution in [-0.4, -0.2) is 4.98 Å². The molecule has 0 saturated carbocycles. The number of aromatic nitrogens is 1. The number of nitrogens with one attached hydrogen (secondary N) is 1. The first-order valence-corrected chi connectivity index (χ1v) is 5.60. The lowest BCUT2D eigenvalue weighted by molar-refractivity contribution is 0.905. The molecule has 84 valence electrons. The van der Waals surface area contributed by atoms with E-state index in [0.717, 1.165) is 23.8 Å². The summed E-state index contributed by atoms with van der Waals surface area (Å²) in [6.45, 7) is 2.04. The summed E-state index contributed by atoms with van der Waals surface area (Å²) in [4.78, 5) is 14.5. The van der Waals surface area contributed by atoms with Crippen LogP contribution in [-0.2, 0) is 6.42 Å². The van der Waals surface area contributed by atoms with Crippen LogP contribution >= 0.6 is 11.6 Å². The third-order valence-corrected chi connectivity index (χ3v) is 2.82. The summed E-state index contributed by atoms with van der Waals surface area (Å²) >= 11 is 6.01. The van der Waals surface area contributed by atoms with E-state index in [4.69, 9.17) is 17.3 Å². The maximum absolute atomic E-state index is 11.7. The predicted molar refractivity (Wildman–Crippen MR) is 68.0 cm³/mol. The molecule has 0 bridgehead atoms. The van der Waals surface area contributed by atoms with Crippen molar-refractivity contribution in [2.75, 3.05) is 5.73 Å². The van der Waals surface area contributed by atoms with Crippen LogP contribution in [0.1, 0.15) is 18.9 Å². The van der Waals surface area contributed by atoms with E-state index in [9.17, 15) is 4.79 Å². The Bertz CT molecular complexity index is 589. The third-order valence-electron chi connectivity index (χ3n) is 2.52. The highest BCUT2D eigenvalue weighted by atomic mass is 35.5. The highest BCUT2D eigenvalue weighted by molar-refractivity contribution is 6.35. The Morgan fingerprint density at radius 3 is 2.81 bits per heavy atom. The van der Waals surface area contributed by atoms with Crippen LogP contribution in [0.25, 0.3) is 10.9 Å². The van der Waals surface area contributed by atoms with Gasteiger partial charge in [-0.3, -0.25) is 4.79 Å². The first kappa shape index (κ1) is 11.0. The summed E-state index contributed by atoms with van der Waals surface area (Å²) in [6.07, 6.45) is 1.70. The fourth-order valence-electron chi connectivity index (χ4n) is 1.80. The molecule has 1 aromatic carbocycles. The number of aromatic amines is 1. The Morgan fingerprint density at radius 2 is 2.12 bits per heavy atom. The number of halogens is 1. The lowest BCUT2D eigenvalue weighted by Crippen LogP contribution is -2.12. The first-order chi connectivity index (χ1) is 7.61. The molecule has 3 N–H and O–H groups in total. The Labute approximate surface area is 98.2 Å².